The number of hydrogen-bond acceptors (Lipinski definition) is 5. The summed E-state index contributed by atoms with van der Waals surface area (Å²) in [7, 11) is 0. The lowest BCUT2D eigenvalue weighted by atomic mass is 10.1. The number of nitrogens with zero attached hydrogens (tertiary/aromatic N) is 4. The zero-order valence-electron chi connectivity index (χ0n) is 16.3. The van der Waals surface area contributed by atoms with Crippen LogP contribution in [0.4, 0.5) is 5.69 Å². The van der Waals surface area contributed by atoms with E-state index in [4.69, 9.17) is 4.74 Å². The molecule has 1 aromatic carbocycles. The van der Waals surface area contributed by atoms with Gasteiger partial charge in [-0.1, -0.05) is 25.5 Å². The summed E-state index contributed by atoms with van der Waals surface area (Å²) in [6.45, 7) is 5.61. The molecule has 1 aliphatic heterocycles. The van der Waals surface area contributed by atoms with Crippen LogP contribution in [0.1, 0.15) is 30.9 Å². The normalized spacial score (nSPS) is 13.9. The van der Waals surface area contributed by atoms with Crippen LogP contribution < -0.4 is 9.64 Å². The van der Waals surface area contributed by atoms with Crippen LogP contribution in [0.25, 0.3) is 0 Å². The minimum absolute atomic E-state index is 0.134. The van der Waals surface area contributed by atoms with Crippen molar-refractivity contribution >= 4 is 11.6 Å². The lowest BCUT2D eigenvalue weighted by Gasteiger charge is -2.36. The molecule has 1 amide bonds. The molecule has 3 rings (SSSR count). The number of carbonyl (C=O) groups is 1. The molecular weight excluding hydrogens is 352 g/mol. The molecule has 0 saturated carbocycles. The Balaban J connectivity index is 1.51. The predicted octanol–water partition coefficient (Wildman–Crippen LogP) is 3.02. The van der Waals surface area contributed by atoms with Gasteiger partial charge in [-0.2, -0.15) is 5.26 Å². The maximum absolute atomic E-state index is 12.6. The number of nitriles is 1. The van der Waals surface area contributed by atoms with E-state index in [1.165, 1.54) is 0 Å². The lowest BCUT2D eigenvalue weighted by molar-refractivity contribution is -0.130. The summed E-state index contributed by atoms with van der Waals surface area (Å²) in [6, 6.07) is 11.8. The summed E-state index contributed by atoms with van der Waals surface area (Å²) in [5.74, 6) is 0.985. The minimum Gasteiger partial charge on any atom is -0.494 e. The van der Waals surface area contributed by atoms with Crippen LogP contribution >= 0.6 is 0 Å². The first kappa shape index (κ1) is 19.7. The van der Waals surface area contributed by atoms with Gasteiger partial charge >= 0.3 is 0 Å². The second-order valence-electron chi connectivity index (χ2n) is 6.90. The summed E-state index contributed by atoms with van der Waals surface area (Å²) in [5, 5.41) is 9.24. The molecule has 1 fully saturated rings. The van der Waals surface area contributed by atoms with Crippen molar-refractivity contribution < 1.29 is 9.53 Å². The Hall–Kier alpha value is -3.07. The number of hydrogen-bond donors (Lipinski definition) is 0. The zero-order chi connectivity index (χ0) is 19.8. The highest BCUT2D eigenvalue weighted by Gasteiger charge is 2.22. The van der Waals surface area contributed by atoms with E-state index < -0.39 is 0 Å². The zero-order valence-corrected chi connectivity index (χ0v) is 16.3. The van der Waals surface area contributed by atoms with Gasteiger partial charge in [0, 0.05) is 38.6 Å². The van der Waals surface area contributed by atoms with Crippen molar-refractivity contribution in [1.29, 1.82) is 5.26 Å². The number of rotatable bonds is 7. The van der Waals surface area contributed by atoms with E-state index in [1.54, 1.807) is 12.4 Å². The van der Waals surface area contributed by atoms with E-state index in [2.05, 4.69) is 22.9 Å². The van der Waals surface area contributed by atoms with E-state index in [0.717, 1.165) is 36.4 Å². The lowest BCUT2D eigenvalue weighted by Crippen LogP contribution is -2.49. The van der Waals surface area contributed by atoms with E-state index in [9.17, 15) is 10.1 Å². The fraction of sp³-hybridized carbons (Fsp3) is 0.409. The number of aromatic nitrogens is 1. The van der Waals surface area contributed by atoms with Gasteiger partial charge in [-0.3, -0.25) is 9.78 Å². The van der Waals surface area contributed by atoms with Crippen LogP contribution in [0.3, 0.4) is 0 Å². The van der Waals surface area contributed by atoms with Gasteiger partial charge in [0.15, 0.2) is 0 Å². The monoisotopic (exact) mass is 378 g/mol. The number of ether oxygens (including phenoxy) is 1. The predicted molar refractivity (Wildman–Crippen MR) is 108 cm³/mol. The fourth-order valence-electron chi connectivity index (χ4n) is 3.27. The Morgan fingerprint density at radius 3 is 2.61 bits per heavy atom. The van der Waals surface area contributed by atoms with Gasteiger partial charge in [0.1, 0.15) is 11.8 Å². The van der Waals surface area contributed by atoms with Gasteiger partial charge in [-0.15, -0.1) is 0 Å². The molecule has 28 heavy (non-hydrogen) atoms. The Morgan fingerprint density at radius 2 is 1.93 bits per heavy atom. The molecule has 1 aliphatic rings. The van der Waals surface area contributed by atoms with Gasteiger partial charge in [0.05, 0.1) is 24.3 Å². The first-order chi connectivity index (χ1) is 13.7. The molecule has 0 N–H and O–H groups in total. The first-order valence-corrected chi connectivity index (χ1v) is 9.80. The van der Waals surface area contributed by atoms with Crippen molar-refractivity contribution in [3.63, 3.8) is 0 Å². The van der Waals surface area contributed by atoms with Crippen molar-refractivity contribution in [2.45, 2.75) is 26.2 Å². The van der Waals surface area contributed by atoms with Gasteiger partial charge in [-0.05, 0) is 30.2 Å². The van der Waals surface area contributed by atoms with Crippen LogP contribution in [0.5, 0.6) is 5.75 Å². The molecule has 0 bridgehead atoms. The Labute approximate surface area is 166 Å². The van der Waals surface area contributed by atoms with Crippen molar-refractivity contribution in [3.8, 4) is 11.8 Å². The first-order valence-electron chi connectivity index (χ1n) is 9.80. The number of carbonyl (C=O) groups excluding carboxylic acids is 1. The second kappa shape index (κ2) is 9.75. The van der Waals surface area contributed by atoms with Crippen LogP contribution in [0.15, 0.2) is 42.7 Å². The van der Waals surface area contributed by atoms with Gasteiger partial charge < -0.3 is 14.5 Å². The molecule has 2 aromatic rings. The molecule has 0 unspecified atom stereocenters. The molecule has 0 radical (unpaired) electrons. The molecule has 1 saturated heterocycles. The number of pyridine rings is 1. The SMILES string of the molecule is CCCCOc1ccc(CC(=O)N2CCN(c3ccncc3C#N)CC2)cc1. The summed E-state index contributed by atoms with van der Waals surface area (Å²) in [6.07, 6.45) is 5.83. The average Bonchev–Trinajstić information content (AvgIpc) is 2.75. The number of unbranched alkanes of at least 4 members (excludes halogenated alkanes) is 1. The molecule has 2 heterocycles. The van der Waals surface area contributed by atoms with E-state index >= 15 is 0 Å². The third-order valence-electron chi connectivity index (χ3n) is 4.94. The topological polar surface area (TPSA) is 69.5 Å². The van der Waals surface area contributed by atoms with Crippen LogP contribution in [0.2, 0.25) is 0 Å². The van der Waals surface area contributed by atoms with Gasteiger partial charge in [0.25, 0.3) is 0 Å². The maximum Gasteiger partial charge on any atom is 0.227 e. The summed E-state index contributed by atoms with van der Waals surface area (Å²) >= 11 is 0. The third kappa shape index (κ3) is 5.01. The summed E-state index contributed by atoms with van der Waals surface area (Å²) < 4.78 is 5.67. The van der Waals surface area contributed by atoms with Crippen LogP contribution in [0, 0.1) is 11.3 Å². The van der Waals surface area contributed by atoms with Crippen molar-refractivity contribution in [1.82, 2.24) is 9.88 Å². The Morgan fingerprint density at radius 1 is 1.18 bits per heavy atom. The molecule has 0 spiro atoms. The third-order valence-corrected chi connectivity index (χ3v) is 4.94. The second-order valence-corrected chi connectivity index (χ2v) is 6.90. The van der Waals surface area contributed by atoms with Crippen molar-refractivity contribution in [2.24, 2.45) is 0 Å². The number of benzene rings is 1. The largest absolute Gasteiger partial charge is 0.494 e. The Bertz CT molecular complexity index is 821. The van der Waals surface area contributed by atoms with E-state index in [0.29, 0.717) is 38.2 Å². The highest BCUT2D eigenvalue weighted by atomic mass is 16.5. The van der Waals surface area contributed by atoms with Crippen molar-refractivity contribution in [2.75, 3.05) is 37.7 Å². The summed E-state index contributed by atoms with van der Waals surface area (Å²) in [4.78, 5) is 20.7. The number of anilines is 1. The Kier molecular flexibility index (Phi) is 6.85. The molecule has 0 atom stereocenters. The molecule has 146 valence electrons. The molecule has 6 nitrogen and oxygen atoms in total. The highest BCUT2D eigenvalue weighted by Crippen LogP contribution is 2.20. The standard InChI is InChI=1S/C22H26N4O2/c1-2-3-14-28-20-6-4-18(5-7-20)15-22(27)26-12-10-25(11-13-26)21-8-9-24-17-19(21)16-23/h4-9,17H,2-3,10-15H2,1H3. The fourth-order valence-corrected chi connectivity index (χ4v) is 3.27. The molecule has 0 aliphatic carbocycles. The average molecular weight is 378 g/mol. The highest BCUT2D eigenvalue weighted by molar-refractivity contribution is 5.79. The summed E-state index contributed by atoms with van der Waals surface area (Å²) in [5.41, 5.74) is 2.46. The number of piperazine rings is 1. The quantitative estimate of drug-likeness (QED) is 0.693. The van der Waals surface area contributed by atoms with Crippen molar-refractivity contribution in [3.05, 3.63) is 53.9 Å². The molecule has 6 heteroatoms. The van der Waals surface area contributed by atoms with E-state index in [-0.39, 0.29) is 5.91 Å². The molecular formula is C22H26N4O2. The molecule has 1 aromatic heterocycles. The smallest absolute Gasteiger partial charge is 0.227 e. The van der Waals surface area contributed by atoms with Gasteiger partial charge in [0.2, 0.25) is 5.91 Å². The van der Waals surface area contributed by atoms with Crippen LogP contribution in [-0.2, 0) is 11.2 Å². The number of amides is 1. The maximum atomic E-state index is 12.6. The van der Waals surface area contributed by atoms with E-state index in [1.807, 2.05) is 35.2 Å². The van der Waals surface area contributed by atoms with Crippen LogP contribution in [-0.4, -0.2) is 48.6 Å². The van der Waals surface area contributed by atoms with Gasteiger partial charge in [-0.25, -0.2) is 0 Å². The minimum atomic E-state index is 0.134.